The maximum Gasteiger partial charge on any atom is 0.157 e. The fourth-order valence-electron chi connectivity index (χ4n) is 2.63. The molecule has 6 nitrogen and oxygen atoms in total. The van der Waals surface area contributed by atoms with Crippen molar-refractivity contribution in [3.05, 3.63) is 64.4 Å². The van der Waals surface area contributed by atoms with Gasteiger partial charge in [0, 0.05) is 12.4 Å². The minimum absolute atomic E-state index is 0.0615. The van der Waals surface area contributed by atoms with Gasteiger partial charge < -0.3 is 15.4 Å². The van der Waals surface area contributed by atoms with Crippen LogP contribution in [0.15, 0.2) is 48.8 Å². The number of pyridine rings is 2. The van der Waals surface area contributed by atoms with Crippen molar-refractivity contribution >= 4 is 45.9 Å². The third-order valence-electron chi connectivity index (χ3n) is 3.86. The first-order valence-corrected chi connectivity index (χ1v) is 8.53. The zero-order valence-electron chi connectivity index (χ0n) is 13.4. The molecule has 0 aliphatic heterocycles. The number of anilines is 2. The molecule has 0 spiro atoms. The molecule has 0 atom stereocenters. The molecule has 26 heavy (non-hydrogen) atoms. The van der Waals surface area contributed by atoms with Gasteiger partial charge in [0.25, 0.3) is 0 Å². The molecule has 130 valence electrons. The highest BCUT2D eigenvalue weighted by molar-refractivity contribution is 6.39. The number of hydrogen-bond acceptors (Lipinski definition) is 5. The Kier molecular flexibility index (Phi) is 4.46. The van der Waals surface area contributed by atoms with E-state index in [0.717, 1.165) is 5.56 Å². The summed E-state index contributed by atoms with van der Waals surface area (Å²) >= 11 is 12.6. The van der Waals surface area contributed by atoms with Gasteiger partial charge in [-0.3, -0.25) is 0 Å². The summed E-state index contributed by atoms with van der Waals surface area (Å²) in [6.07, 6.45) is 3.27. The number of rotatable bonds is 4. The minimum Gasteiger partial charge on any atom is -0.392 e. The van der Waals surface area contributed by atoms with Gasteiger partial charge in [0.1, 0.15) is 17.2 Å². The Morgan fingerprint density at radius 2 is 1.81 bits per heavy atom. The number of aliphatic hydroxyl groups is 1. The lowest BCUT2D eigenvalue weighted by atomic mass is 10.2. The van der Waals surface area contributed by atoms with Crippen LogP contribution in [0.25, 0.3) is 22.4 Å². The molecular formula is C18H13Cl2N5O. The van der Waals surface area contributed by atoms with Crippen molar-refractivity contribution in [2.45, 2.75) is 6.61 Å². The summed E-state index contributed by atoms with van der Waals surface area (Å²) in [5.41, 5.74) is 2.81. The van der Waals surface area contributed by atoms with Crippen molar-refractivity contribution in [2.24, 2.45) is 0 Å². The molecule has 4 rings (SSSR count). The van der Waals surface area contributed by atoms with Crippen LogP contribution >= 0.6 is 23.2 Å². The average molecular weight is 386 g/mol. The van der Waals surface area contributed by atoms with Crippen LogP contribution in [0, 0.1) is 0 Å². The van der Waals surface area contributed by atoms with Crippen LogP contribution in [0.1, 0.15) is 5.56 Å². The zero-order chi connectivity index (χ0) is 18.1. The maximum absolute atomic E-state index is 9.27. The van der Waals surface area contributed by atoms with Crippen LogP contribution in [0.2, 0.25) is 10.0 Å². The van der Waals surface area contributed by atoms with Gasteiger partial charge in [0.2, 0.25) is 0 Å². The van der Waals surface area contributed by atoms with Gasteiger partial charge in [0.05, 0.1) is 27.7 Å². The first kappa shape index (κ1) is 16.8. The maximum atomic E-state index is 9.27. The van der Waals surface area contributed by atoms with Crippen LogP contribution in [0.3, 0.4) is 0 Å². The molecule has 0 amide bonds. The number of H-pyrrole nitrogens is 1. The smallest absolute Gasteiger partial charge is 0.157 e. The van der Waals surface area contributed by atoms with E-state index in [1.165, 1.54) is 0 Å². The van der Waals surface area contributed by atoms with Crippen LogP contribution in [-0.2, 0) is 6.61 Å². The molecule has 4 aromatic rings. The van der Waals surface area contributed by atoms with Crippen LogP contribution < -0.4 is 5.32 Å². The molecule has 0 bridgehead atoms. The number of hydrogen-bond donors (Lipinski definition) is 3. The van der Waals surface area contributed by atoms with Gasteiger partial charge in [-0.25, -0.2) is 15.0 Å². The summed E-state index contributed by atoms with van der Waals surface area (Å²) in [4.78, 5) is 16.4. The van der Waals surface area contributed by atoms with Gasteiger partial charge in [-0.15, -0.1) is 0 Å². The molecule has 3 N–H and O–H groups in total. The highest BCUT2D eigenvalue weighted by atomic mass is 35.5. The second-order valence-electron chi connectivity index (χ2n) is 5.57. The van der Waals surface area contributed by atoms with Crippen molar-refractivity contribution in [1.29, 1.82) is 0 Å². The lowest BCUT2D eigenvalue weighted by molar-refractivity contribution is 0.282. The molecule has 3 aromatic heterocycles. The number of nitrogens with one attached hydrogen (secondary N) is 2. The van der Waals surface area contributed by atoms with Crippen molar-refractivity contribution < 1.29 is 5.11 Å². The number of benzene rings is 1. The van der Waals surface area contributed by atoms with E-state index in [4.69, 9.17) is 23.2 Å². The molecule has 0 fully saturated rings. The second-order valence-corrected chi connectivity index (χ2v) is 6.38. The van der Waals surface area contributed by atoms with Gasteiger partial charge in [-0.2, -0.15) is 0 Å². The molecule has 0 aliphatic carbocycles. The monoisotopic (exact) mass is 385 g/mol. The Hall–Kier alpha value is -2.67. The predicted octanol–water partition coefficient (Wildman–Crippen LogP) is 4.56. The highest BCUT2D eigenvalue weighted by Crippen LogP contribution is 2.34. The number of aromatic nitrogens is 4. The van der Waals surface area contributed by atoms with Crippen molar-refractivity contribution in [1.82, 2.24) is 19.9 Å². The summed E-state index contributed by atoms with van der Waals surface area (Å²) in [5, 5.41) is 13.4. The Balaban J connectivity index is 1.79. The standard InChI is InChI=1S/C18H13Cl2N5O/c19-11-2-1-3-12(20)15(11)17-23-13-5-7-22-18(16(13)25-17)24-14-8-10(9-26)4-6-21-14/h1-8,26H,9H2,(H,23,25)(H,21,22,24). The van der Waals surface area contributed by atoms with Crippen LogP contribution in [0.5, 0.6) is 0 Å². The summed E-state index contributed by atoms with van der Waals surface area (Å²) in [6, 6.07) is 10.6. The topological polar surface area (TPSA) is 86.7 Å². The lowest BCUT2D eigenvalue weighted by Gasteiger charge is -2.06. The van der Waals surface area contributed by atoms with E-state index >= 15 is 0 Å². The van der Waals surface area contributed by atoms with Crippen molar-refractivity contribution in [3.63, 3.8) is 0 Å². The van der Waals surface area contributed by atoms with E-state index in [9.17, 15) is 5.11 Å². The third kappa shape index (κ3) is 3.10. The molecule has 0 saturated carbocycles. The summed E-state index contributed by atoms with van der Waals surface area (Å²) in [7, 11) is 0. The number of imidazole rings is 1. The Bertz CT molecular complexity index is 1080. The molecule has 8 heteroatoms. The molecule has 3 heterocycles. The largest absolute Gasteiger partial charge is 0.392 e. The number of halogens is 2. The number of aliphatic hydroxyl groups excluding tert-OH is 1. The van der Waals surface area contributed by atoms with E-state index in [2.05, 4.69) is 25.3 Å². The van der Waals surface area contributed by atoms with E-state index in [1.807, 2.05) is 0 Å². The predicted molar refractivity (Wildman–Crippen MR) is 103 cm³/mol. The summed E-state index contributed by atoms with van der Waals surface area (Å²) < 4.78 is 0. The second kappa shape index (κ2) is 6.92. The Morgan fingerprint density at radius 3 is 2.58 bits per heavy atom. The normalized spacial score (nSPS) is 11.0. The average Bonchev–Trinajstić information content (AvgIpc) is 3.06. The van der Waals surface area contributed by atoms with E-state index in [-0.39, 0.29) is 6.61 Å². The fraction of sp³-hybridized carbons (Fsp3) is 0.0556. The minimum atomic E-state index is -0.0615. The molecule has 0 unspecified atom stereocenters. The highest BCUT2D eigenvalue weighted by Gasteiger charge is 2.15. The first-order chi connectivity index (χ1) is 12.7. The summed E-state index contributed by atoms with van der Waals surface area (Å²) in [6.45, 7) is -0.0615. The third-order valence-corrected chi connectivity index (χ3v) is 4.49. The van der Waals surface area contributed by atoms with Gasteiger partial charge in [-0.05, 0) is 35.9 Å². The quantitative estimate of drug-likeness (QED) is 0.479. The zero-order valence-corrected chi connectivity index (χ0v) is 14.9. The van der Waals surface area contributed by atoms with Crippen LogP contribution in [0.4, 0.5) is 11.6 Å². The van der Waals surface area contributed by atoms with Crippen LogP contribution in [-0.4, -0.2) is 25.0 Å². The van der Waals surface area contributed by atoms with Gasteiger partial charge in [-0.1, -0.05) is 29.3 Å². The number of fused-ring (bicyclic) bond motifs is 1. The Morgan fingerprint density at radius 1 is 1.04 bits per heavy atom. The molecule has 0 saturated heterocycles. The van der Waals surface area contributed by atoms with Gasteiger partial charge in [0.15, 0.2) is 5.82 Å². The van der Waals surface area contributed by atoms with E-state index in [1.54, 1.807) is 48.8 Å². The molecule has 1 aromatic carbocycles. The van der Waals surface area contributed by atoms with Crippen molar-refractivity contribution in [2.75, 3.05) is 5.32 Å². The lowest BCUT2D eigenvalue weighted by Crippen LogP contribution is -1.98. The number of nitrogens with zero attached hydrogens (tertiary/aromatic N) is 3. The van der Waals surface area contributed by atoms with E-state index < -0.39 is 0 Å². The molecule has 0 aliphatic rings. The van der Waals surface area contributed by atoms with Crippen molar-refractivity contribution in [3.8, 4) is 11.4 Å². The van der Waals surface area contributed by atoms with E-state index in [0.29, 0.717) is 44.1 Å². The number of aromatic amines is 1. The molecular weight excluding hydrogens is 373 g/mol. The summed E-state index contributed by atoms with van der Waals surface area (Å²) in [5.74, 6) is 1.69. The molecule has 0 radical (unpaired) electrons. The Labute approximate surface area is 158 Å². The SMILES string of the molecule is OCc1ccnc(Nc2nccc3nc(-c4c(Cl)cccc4Cl)[nH]c23)c1. The first-order valence-electron chi connectivity index (χ1n) is 7.77. The fourth-order valence-corrected chi connectivity index (χ4v) is 3.21. The van der Waals surface area contributed by atoms with Gasteiger partial charge >= 0.3 is 0 Å².